The maximum absolute atomic E-state index is 13.1. The van der Waals surface area contributed by atoms with Crippen LogP contribution in [0.25, 0.3) is 0 Å². The molecule has 3 N–H and O–H groups in total. The first-order valence-electron chi connectivity index (χ1n) is 41.1. The molecule has 0 aromatic rings. The van der Waals surface area contributed by atoms with Gasteiger partial charge in [0.25, 0.3) is 0 Å². The second kappa shape index (κ2) is 72.0. The zero-order valence-corrected chi connectivity index (χ0v) is 65.7. The van der Waals surface area contributed by atoms with Gasteiger partial charge in [-0.1, -0.05) is 369 Å². The molecule has 2 unspecified atom stereocenters. The summed E-state index contributed by atoms with van der Waals surface area (Å²) in [5, 5.41) is 10.6. The number of carbonyl (C=O) groups excluding carboxylic acids is 4. The van der Waals surface area contributed by atoms with E-state index in [0.717, 1.165) is 95.8 Å². The van der Waals surface area contributed by atoms with Gasteiger partial charge in [-0.15, -0.1) is 0 Å². The van der Waals surface area contributed by atoms with E-state index in [2.05, 4.69) is 34.6 Å². The Balaban J connectivity index is 5.22. The van der Waals surface area contributed by atoms with E-state index in [1.54, 1.807) is 0 Å². The van der Waals surface area contributed by atoms with Gasteiger partial charge in [0.15, 0.2) is 12.2 Å². The van der Waals surface area contributed by atoms with E-state index < -0.39 is 97.5 Å². The fraction of sp³-hybridized carbons (Fsp3) is 0.949. The summed E-state index contributed by atoms with van der Waals surface area (Å²) in [6.45, 7) is 7.33. The molecule has 0 saturated heterocycles. The number of phosphoric acid groups is 2. The van der Waals surface area contributed by atoms with Gasteiger partial charge in [-0.25, -0.2) is 9.13 Å². The van der Waals surface area contributed by atoms with Crippen molar-refractivity contribution in [1.82, 2.24) is 0 Å². The topological polar surface area (TPSA) is 237 Å². The van der Waals surface area contributed by atoms with E-state index in [1.807, 2.05) is 0 Å². The predicted molar refractivity (Wildman–Crippen MR) is 400 cm³/mol. The van der Waals surface area contributed by atoms with Crippen LogP contribution >= 0.6 is 15.6 Å². The minimum Gasteiger partial charge on any atom is -0.462 e. The highest BCUT2D eigenvalue weighted by molar-refractivity contribution is 7.47. The fourth-order valence-electron chi connectivity index (χ4n) is 12.2. The zero-order valence-electron chi connectivity index (χ0n) is 63.9. The summed E-state index contributed by atoms with van der Waals surface area (Å²) in [4.78, 5) is 72.9. The average molecular weight is 1440 g/mol. The second-order valence-corrected chi connectivity index (χ2v) is 31.8. The molecule has 17 nitrogen and oxygen atoms in total. The molecule has 582 valence electrons. The van der Waals surface area contributed by atoms with E-state index in [-0.39, 0.29) is 25.7 Å². The molecule has 0 aliphatic heterocycles. The van der Waals surface area contributed by atoms with E-state index in [4.69, 9.17) is 37.0 Å². The van der Waals surface area contributed by atoms with Crippen molar-refractivity contribution in [3.05, 3.63) is 0 Å². The Morgan fingerprint density at radius 2 is 0.469 bits per heavy atom. The highest BCUT2D eigenvalue weighted by Crippen LogP contribution is 2.45. The van der Waals surface area contributed by atoms with Crippen LogP contribution in [0.4, 0.5) is 0 Å². The summed E-state index contributed by atoms with van der Waals surface area (Å²) in [6.07, 6.45) is 62.3. The lowest BCUT2D eigenvalue weighted by Crippen LogP contribution is -2.30. The maximum Gasteiger partial charge on any atom is 0.472 e. The predicted octanol–water partition coefficient (Wildman–Crippen LogP) is 23.6. The summed E-state index contributed by atoms with van der Waals surface area (Å²) < 4.78 is 68.6. The van der Waals surface area contributed by atoms with Crippen molar-refractivity contribution in [2.45, 2.75) is 438 Å². The SMILES string of the molecule is CCCCCCCCCCCCCCCCCCCC(=O)O[C@H](COC(=O)CCCCCCCCCCCCCCCC(C)C)COP(=O)(O)OC[C@@H](O)COP(=O)(O)OC[C@@H](COC(=O)CCCCCCCCCCC)OC(=O)CCCCCCCCCCCCCCCCCC. The molecule has 0 heterocycles. The largest absolute Gasteiger partial charge is 0.472 e. The first-order valence-corrected chi connectivity index (χ1v) is 44.1. The minimum atomic E-state index is -4.96. The third-order valence-electron chi connectivity index (χ3n) is 18.5. The summed E-state index contributed by atoms with van der Waals surface area (Å²) in [7, 11) is -9.91. The molecule has 19 heteroatoms. The van der Waals surface area contributed by atoms with Crippen LogP contribution in [0.1, 0.15) is 420 Å². The normalized spacial score (nSPS) is 13.9. The molecule has 0 aromatic heterocycles. The van der Waals surface area contributed by atoms with Gasteiger partial charge in [-0.3, -0.25) is 37.3 Å². The van der Waals surface area contributed by atoms with Gasteiger partial charge in [0, 0.05) is 25.7 Å². The quantitative estimate of drug-likeness (QED) is 0.0222. The van der Waals surface area contributed by atoms with Crippen LogP contribution < -0.4 is 0 Å². The van der Waals surface area contributed by atoms with Crippen molar-refractivity contribution in [1.29, 1.82) is 0 Å². The van der Waals surface area contributed by atoms with Gasteiger partial charge in [0.1, 0.15) is 19.3 Å². The first-order chi connectivity index (χ1) is 47.5. The van der Waals surface area contributed by atoms with Crippen LogP contribution in [0.5, 0.6) is 0 Å². The fourth-order valence-corrected chi connectivity index (χ4v) is 13.8. The van der Waals surface area contributed by atoms with Crippen LogP contribution in [0.3, 0.4) is 0 Å². The van der Waals surface area contributed by atoms with Crippen LogP contribution in [0, 0.1) is 5.92 Å². The van der Waals surface area contributed by atoms with Crippen molar-refractivity contribution >= 4 is 39.5 Å². The molecule has 0 bridgehead atoms. The van der Waals surface area contributed by atoms with Crippen molar-refractivity contribution in [2.75, 3.05) is 39.6 Å². The molecule has 5 atom stereocenters. The maximum atomic E-state index is 13.1. The first kappa shape index (κ1) is 96.1. The number of phosphoric ester groups is 2. The number of carbonyl (C=O) groups is 4. The third-order valence-corrected chi connectivity index (χ3v) is 20.4. The summed E-state index contributed by atoms with van der Waals surface area (Å²) in [6, 6.07) is 0. The molecule has 98 heavy (non-hydrogen) atoms. The molecular formula is C79H154O17P2. The van der Waals surface area contributed by atoms with Crippen molar-refractivity contribution in [3.63, 3.8) is 0 Å². The molecule has 0 fully saturated rings. The number of hydrogen-bond donors (Lipinski definition) is 3. The number of unbranched alkanes of at least 4 members (excludes halogenated alkanes) is 51. The van der Waals surface area contributed by atoms with Crippen molar-refractivity contribution < 1.29 is 80.2 Å². The van der Waals surface area contributed by atoms with Gasteiger partial charge in [-0.2, -0.15) is 0 Å². The highest BCUT2D eigenvalue weighted by atomic mass is 31.2. The molecule has 0 amide bonds. The monoisotopic (exact) mass is 1440 g/mol. The molecule has 0 saturated carbocycles. The lowest BCUT2D eigenvalue weighted by Gasteiger charge is -2.21. The number of aliphatic hydroxyl groups excluding tert-OH is 1. The number of rotatable bonds is 79. The Bertz CT molecular complexity index is 1870. The summed E-state index contributed by atoms with van der Waals surface area (Å²) in [5.74, 6) is -1.32. The van der Waals surface area contributed by atoms with E-state index >= 15 is 0 Å². The number of esters is 4. The number of ether oxygens (including phenoxy) is 4. The Labute approximate surface area is 600 Å². The van der Waals surface area contributed by atoms with Crippen LogP contribution in [-0.2, 0) is 65.4 Å². The Hall–Kier alpha value is -1.94. The molecule has 0 rings (SSSR count). The van der Waals surface area contributed by atoms with Crippen molar-refractivity contribution in [2.24, 2.45) is 5.92 Å². The molecule has 0 spiro atoms. The van der Waals surface area contributed by atoms with Gasteiger partial charge < -0.3 is 33.8 Å². The lowest BCUT2D eigenvalue weighted by molar-refractivity contribution is -0.161. The average Bonchev–Trinajstić information content (AvgIpc) is 2.56. The summed E-state index contributed by atoms with van der Waals surface area (Å²) >= 11 is 0. The molecule has 0 aliphatic carbocycles. The van der Waals surface area contributed by atoms with Gasteiger partial charge in [-0.05, 0) is 31.6 Å². The lowest BCUT2D eigenvalue weighted by atomic mass is 10.0. The Morgan fingerprint density at radius 3 is 0.694 bits per heavy atom. The smallest absolute Gasteiger partial charge is 0.462 e. The van der Waals surface area contributed by atoms with Crippen molar-refractivity contribution in [3.8, 4) is 0 Å². The highest BCUT2D eigenvalue weighted by Gasteiger charge is 2.30. The Morgan fingerprint density at radius 1 is 0.276 bits per heavy atom. The van der Waals surface area contributed by atoms with E-state index in [1.165, 1.54) is 244 Å². The summed E-state index contributed by atoms with van der Waals surface area (Å²) in [5.41, 5.74) is 0. The standard InChI is InChI=1S/C79H154O17P2/c1-6-9-12-15-18-21-23-25-27-29-31-35-40-45-50-55-60-65-79(84)96-75(69-90-77(82)63-58-53-48-43-38-36-32-33-37-42-46-51-56-61-72(4)5)71-94-98(87,88)92-67-73(80)66-91-97(85,86)93-70-74(68-89-76(81)62-57-52-47-41-20-17-14-11-8-3)95-78(83)64-59-54-49-44-39-34-30-28-26-24-22-19-16-13-10-7-2/h72-75,80H,6-71H2,1-5H3,(H,85,86)(H,87,88)/t73-,74+,75+/m0/s1. The molecular weight excluding hydrogens is 1280 g/mol. The van der Waals surface area contributed by atoms with Crippen LogP contribution in [0.2, 0.25) is 0 Å². The zero-order chi connectivity index (χ0) is 71.9. The van der Waals surface area contributed by atoms with E-state index in [9.17, 15) is 43.2 Å². The van der Waals surface area contributed by atoms with Gasteiger partial charge >= 0.3 is 39.5 Å². The molecule has 0 aliphatic rings. The van der Waals surface area contributed by atoms with Gasteiger partial charge in [0.2, 0.25) is 0 Å². The van der Waals surface area contributed by atoms with E-state index in [0.29, 0.717) is 25.7 Å². The third kappa shape index (κ3) is 72.4. The number of hydrogen-bond acceptors (Lipinski definition) is 15. The van der Waals surface area contributed by atoms with Gasteiger partial charge in [0.05, 0.1) is 26.4 Å². The Kier molecular flexibility index (Phi) is 70.6. The minimum absolute atomic E-state index is 0.109. The molecule has 0 aromatic carbocycles. The molecule has 0 radical (unpaired) electrons. The van der Waals surface area contributed by atoms with Crippen LogP contribution in [0.15, 0.2) is 0 Å². The number of aliphatic hydroxyl groups is 1. The second-order valence-electron chi connectivity index (χ2n) is 28.9. The van der Waals surface area contributed by atoms with Crippen LogP contribution in [-0.4, -0.2) is 96.7 Å².